The molecule has 1 atom stereocenters. The lowest BCUT2D eigenvalue weighted by Gasteiger charge is -2.14. The monoisotopic (exact) mass is 384 g/mol. The number of carbonyl (C=O) groups is 1. The Hall–Kier alpha value is -3.80. The van der Waals surface area contributed by atoms with E-state index in [0.717, 1.165) is 22.3 Å². The van der Waals surface area contributed by atoms with Crippen molar-refractivity contribution < 1.29 is 9.21 Å². The van der Waals surface area contributed by atoms with Gasteiger partial charge in [-0.25, -0.2) is 0 Å². The lowest BCUT2D eigenvalue weighted by molar-refractivity contribution is 0.0940. The van der Waals surface area contributed by atoms with E-state index in [1.54, 1.807) is 36.7 Å². The van der Waals surface area contributed by atoms with E-state index in [-0.39, 0.29) is 11.9 Å². The molecular formula is C23H20N4O2. The van der Waals surface area contributed by atoms with Gasteiger partial charge in [0.2, 0.25) is 11.8 Å². The molecule has 1 N–H and O–H groups in total. The number of nitrogens with one attached hydrogen (secondary N) is 1. The number of pyridine rings is 1. The van der Waals surface area contributed by atoms with Crippen LogP contribution in [0.3, 0.4) is 0 Å². The van der Waals surface area contributed by atoms with Crippen LogP contribution in [-0.2, 0) is 0 Å². The third-order valence-corrected chi connectivity index (χ3v) is 4.64. The lowest BCUT2D eigenvalue weighted by Crippen LogP contribution is -2.26. The van der Waals surface area contributed by atoms with Crippen LogP contribution in [0.15, 0.2) is 77.5 Å². The summed E-state index contributed by atoms with van der Waals surface area (Å²) >= 11 is 0. The smallest absolute Gasteiger partial charge is 0.251 e. The van der Waals surface area contributed by atoms with Gasteiger partial charge in [0.15, 0.2) is 0 Å². The molecule has 4 rings (SSSR count). The molecule has 2 aromatic heterocycles. The van der Waals surface area contributed by atoms with Crippen LogP contribution in [0.1, 0.15) is 34.5 Å². The Kier molecular flexibility index (Phi) is 5.16. The molecule has 1 unspecified atom stereocenters. The van der Waals surface area contributed by atoms with E-state index in [2.05, 4.69) is 20.5 Å². The summed E-state index contributed by atoms with van der Waals surface area (Å²) in [7, 11) is 0. The molecule has 1 amide bonds. The van der Waals surface area contributed by atoms with Gasteiger partial charge in [0.1, 0.15) is 0 Å². The van der Waals surface area contributed by atoms with Crippen molar-refractivity contribution in [2.45, 2.75) is 19.9 Å². The minimum Gasteiger partial charge on any atom is -0.416 e. The fourth-order valence-electron chi connectivity index (χ4n) is 3.01. The van der Waals surface area contributed by atoms with Crippen LogP contribution < -0.4 is 5.32 Å². The van der Waals surface area contributed by atoms with Gasteiger partial charge in [0.25, 0.3) is 5.91 Å². The summed E-state index contributed by atoms with van der Waals surface area (Å²) in [6.07, 6.45) is 3.42. The summed E-state index contributed by atoms with van der Waals surface area (Å²) in [5.41, 5.74) is 4.33. The summed E-state index contributed by atoms with van der Waals surface area (Å²) in [4.78, 5) is 16.5. The number of aryl methyl sites for hydroxylation is 1. The molecule has 6 nitrogen and oxygen atoms in total. The zero-order valence-corrected chi connectivity index (χ0v) is 16.2. The molecule has 0 saturated carbocycles. The van der Waals surface area contributed by atoms with E-state index in [9.17, 15) is 4.79 Å². The Labute approximate surface area is 168 Å². The molecule has 29 heavy (non-hydrogen) atoms. The first-order chi connectivity index (χ1) is 14.1. The standard InChI is InChI=1S/C23H20N4O2/c1-15-4-3-5-20(14-15)23-27-26-22(29-23)19-8-6-18(7-9-19)21(28)25-16(2)17-10-12-24-13-11-17/h3-14,16H,1-2H3,(H,25,28). The molecule has 6 heteroatoms. The van der Waals surface area contributed by atoms with Crippen LogP contribution >= 0.6 is 0 Å². The molecule has 0 bridgehead atoms. The lowest BCUT2D eigenvalue weighted by atomic mass is 10.1. The van der Waals surface area contributed by atoms with Crippen molar-refractivity contribution in [3.05, 3.63) is 89.7 Å². The fraction of sp³-hybridized carbons (Fsp3) is 0.130. The molecule has 0 aliphatic carbocycles. The molecule has 0 spiro atoms. The van der Waals surface area contributed by atoms with Gasteiger partial charge in [-0.1, -0.05) is 17.7 Å². The van der Waals surface area contributed by atoms with Crippen LogP contribution in [0.5, 0.6) is 0 Å². The van der Waals surface area contributed by atoms with Gasteiger partial charge in [-0.05, 0) is 67.9 Å². The molecule has 0 fully saturated rings. The molecular weight excluding hydrogens is 364 g/mol. The number of hydrogen-bond acceptors (Lipinski definition) is 5. The van der Waals surface area contributed by atoms with Crippen LogP contribution in [0.25, 0.3) is 22.9 Å². The second-order valence-corrected chi connectivity index (χ2v) is 6.83. The second-order valence-electron chi connectivity index (χ2n) is 6.83. The summed E-state index contributed by atoms with van der Waals surface area (Å²) in [5, 5.41) is 11.2. The quantitative estimate of drug-likeness (QED) is 0.544. The van der Waals surface area contributed by atoms with Gasteiger partial charge in [-0.3, -0.25) is 9.78 Å². The number of amides is 1. The van der Waals surface area contributed by atoms with E-state index >= 15 is 0 Å². The second kappa shape index (κ2) is 8.06. The summed E-state index contributed by atoms with van der Waals surface area (Å²) in [6, 6.07) is 18.7. The van der Waals surface area contributed by atoms with Crippen LogP contribution in [-0.4, -0.2) is 21.1 Å². The number of aromatic nitrogens is 3. The highest BCUT2D eigenvalue weighted by Gasteiger charge is 2.14. The molecule has 0 aliphatic heterocycles. The van der Waals surface area contributed by atoms with Gasteiger partial charge >= 0.3 is 0 Å². The molecule has 4 aromatic rings. The first kappa shape index (κ1) is 18.6. The normalized spacial score (nSPS) is 11.8. The Morgan fingerprint density at radius 1 is 0.931 bits per heavy atom. The Bertz CT molecular complexity index is 1120. The fourth-order valence-corrected chi connectivity index (χ4v) is 3.01. The predicted octanol–water partition coefficient (Wildman–Crippen LogP) is 4.60. The van der Waals surface area contributed by atoms with Crippen LogP contribution in [0.2, 0.25) is 0 Å². The average molecular weight is 384 g/mol. The maximum atomic E-state index is 12.5. The van der Waals surface area contributed by atoms with Crippen molar-refractivity contribution in [2.24, 2.45) is 0 Å². The number of nitrogens with zero attached hydrogens (tertiary/aromatic N) is 3. The van der Waals surface area contributed by atoms with E-state index in [1.807, 2.05) is 50.2 Å². The van der Waals surface area contributed by atoms with Crippen LogP contribution in [0, 0.1) is 6.92 Å². The van der Waals surface area contributed by atoms with Gasteiger partial charge in [-0.2, -0.15) is 0 Å². The van der Waals surface area contributed by atoms with E-state index in [1.165, 1.54) is 0 Å². The maximum Gasteiger partial charge on any atom is 0.251 e. The molecule has 144 valence electrons. The summed E-state index contributed by atoms with van der Waals surface area (Å²) in [6.45, 7) is 3.95. The summed E-state index contributed by atoms with van der Waals surface area (Å²) in [5.74, 6) is 0.738. The minimum atomic E-state index is -0.146. The Morgan fingerprint density at radius 3 is 2.31 bits per heavy atom. The largest absolute Gasteiger partial charge is 0.416 e. The third kappa shape index (κ3) is 4.21. The highest BCUT2D eigenvalue weighted by Crippen LogP contribution is 2.24. The zero-order valence-electron chi connectivity index (χ0n) is 16.2. The minimum absolute atomic E-state index is 0.113. The predicted molar refractivity (Wildman–Crippen MR) is 110 cm³/mol. The first-order valence-corrected chi connectivity index (χ1v) is 9.32. The highest BCUT2D eigenvalue weighted by molar-refractivity contribution is 5.94. The topological polar surface area (TPSA) is 80.9 Å². The molecule has 2 heterocycles. The maximum absolute atomic E-state index is 12.5. The first-order valence-electron chi connectivity index (χ1n) is 9.32. The van der Waals surface area contributed by atoms with Crippen molar-refractivity contribution in [3.8, 4) is 22.9 Å². The van der Waals surface area contributed by atoms with Gasteiger partial charge < -0.3 is 9.73 Å². The number of benzene rings is 2. The van der Waals surface area contributed by atoms with E-state index < -0.39 is 0 Å². The molecule has 0 radical (unpaired) electrons. The van der Waals surface area contributed by atoms with Gasteiger partial charge in [0.05, 0.1) is 6.04 Å². The van der Waals surface area contributed by atoms with Crippen molar-refractivity contribution in [2.75, 3.05) is 0 Å². The van der Waals surface area contributed by atoms with E-state index in [4.69, 9.17) is 4.42 Å². The Morgan fingerprint density at radius 2 is 1.62 bits per heavy atom. The van der Waals surface area contributed by atoms with E-state index in [0.29, 0.717) is 17.3 Å². The number of hydrogen-bond donors (Lipinski definition) is 1. The van der Waals surface area contributed by atoms with Crippen LogP contribution in [0.4, 0.5) is 0 Å². The van der Waals surface area contributed by atoms with Gasteiger partial charge in [-0.15, -0.1) is 10.2 Å². The molecule has 2 aromatic carbocycles. The number of carbonyl (C=O) groups excluding carboxylic acids is 1. The zero-order chi connectivity index (χ0) is 20.2. The van der Waals surface area contributed by atoms with Gasteiger partial charge in [0, 0.05) is 29.1 Å². The highest BCUT2D eigenvalue weighted by atomic mass is 16.4. The number of rotatable bonds is 5. The SMILES string of the molecule is Cc1cccc(-c2nnc(-c3ccc(C(=O)NC(C)c4ccncc4)cc3)o2)c1. The van der Waals surface area contributed by atoms with Crippen molar-refractivity contribution >= 4 is 5.91 Å². The molecule has 0 saturated heterocycles. The van der Waals surface area contributed by atoms with Crippen molar-refractivity contribution in [3.63, 3.8) is 0 Å². The molecule has 0 aliphatic rings. The van der Waals surface area contributed by atoms with Crippen molar-refractivity contribution in [1.82, 2.24) is 20.5 Å². The average Bonchev–Trinajstić information content (AvgIpc) is 3.25. The van der Waals surface area contributed by atoms with Crippen molar-refractivity contribution in [1.29, 1.82) is 0 Å². The summed E-state index contributed by atoms with van der Waals surface area (Å²) < 4.78 is 5.80. The third-order valence-electron chi connectivity index (χ3n) is 4.64. The Balaban J connectivity index is 1.47.